The van der Waals surface area contributed by atoms with Crippen LogP contribution in [-0.4, -0.2) is 43.1 Å². The molecule has 0 aromatic heterocycles. The van der Waals surface area contributed by atoms with Crippen molar-refractivity contribution in [3.05, 3.63) is 35.4 Å². The highest BCUT2D eigenvalue weighted by molar-refractivity contribution is 5.96. The Balaban J connectivity index is 2.26. The third kappa shape index (κ3) is 3.64. The molecular weight excluding hydrogens is 313 g/mol. The number of nitrogens with zero attached hydrogens (tertiary/aromatic N) is 1. The number of alkyl halides is 3. The molecule has 2 N–H and O–H groups in total. The summed E-state index contributed by atoms with van der Waals surface area (Å²) in [5.41, 5.74) is 5.91. The van der Waals surface area contributed by atoms with Crippen LogP contribution in [0.15, 0.2) is 24.3 Å². The topological polar surface area (TPSA) is 72.6 Å². The first-order valence-corrected chi connectivity index (χ1v) is 6.97. The summed E-state index contributed by atoms with van der Waals surface area (Å²) in [4.78, 5) is 24.9. The summed E-state index contributed by atoms with van der Waals surface area (Å²) in [5.74, 6) is -4.96. The molecule has 1 saturated heterocycles. The molecule has 0 spiro atoms. The van der Waals surface area contributed by atoms with Crippen molar-refractivity contribution in [1.29, 1.82) is 0 Å². The minimum atomic E-state index is -4.58. The zero-order chi connectivity index (χ0) is 17.2. The molecule has 2 atom stereocenters. The van der Waals surface area contributed by atoms with E-state index in [2.05, 4.69) is 0 Å². The first-order valence-electron chi connectivity index (χ1n) is 6.97. The Morgan fingerprint density at radius 2 is 1.96 bits per heavy atom. The average Bonchev–Trinajstić information content (AvgIpc) is 2.93. The fraction of sp³-hybridized carbons (Fsp3) is 0.467. The van der Waals surface area contributed by atoms with Gasteiger partial charge in [0, 0.05) is 25.8 Å². The predicted octanol–water partition coefficient (Wildman–Crippen LogP) is 1.57. The minimum Gasteiger partial charge on any atom is -0.380 e. The van der Waals surface area contributed by atoms with E-state index in [4.69, 9.17) is 10.5 Å². The maximum atomic E-state index is 13.0. The lowest BCUT2D eigenvalue weighted by atomic mass is 9.95. The zero-order valence-corrected chi connectivity index (χ0v) is 12.5. The highest BCUT2D eigenvalue weighted by atomic mass is 19.4. The van der Waals surface area contributed by atoms with Gasteiger partial charge in [0.05, 0.1) is 18.4 Å². The van der Waals surface area contributed by atoms with Crippen LogP contribution < -0.4 is 5.73 Å². The Labute approximate surface area is 131 Å². The Morgan fingerprint density at radius 1 is 1.30 bits per heavy atom. The first-order chi connectivity index (χ1) is 10.8. The monoisotopic (exact) mass is 330 g/mol. The number of halogens is 3. The molecule has 1 aromatic rings. The SMILES string of the molecule is COCc1ccccc1C(=O)N1C[C@@H](C(F)(F)F)[C@H](C(N)=O)C1. The number of ether oxygens (including phenoxy) is 1. The maximum absolute atomic E-state index is 13.0. The molecule has 23 heavy (non-hydrogen) atoms. The number of benzene rings is 1. The fourth-order valence-electron chi connectivity index (χ4n) is 2.77. The van der Waals surface area contributed by atoms with Crippen molar-refractivity contribution in [2.45, 2.75) is 12.8 Å². The smallest absolute Gasteiger partial charge is 0.380 e. The molecule has 0 bridgehead atoms. The number of amides is 2. The number of likely N-dealkylation sites (tertiary alicyclic amines) is 1. The summed E-state index contributed by atoms with van der Waals surface area (Å²) in [7, 11) is 1.46. The van der Waals surface area contributed by atoms with Crippen LogP contribution in [0.3, 0.4) is 0 Å². The molecule has 0 saturated carbocycles. The van der Waals surface area contributed by atoms with Crippen LogP contribution >= 0.6 is 0 Å². The first kappa shape index (κ1) is 17.3. The van der Waals surface area contributed by atoms with Gasteiger partial charge >= 0.3 is 6.18 Å². The summed E-state index contributed by atoms with van der Waals surface area (Å²) < 4.78 is 44.1. The second-order valence-corrected chi connectivity index (χ2v) is 5.46. The number of carbonyl (C=O) groups is 2. The summed E-state index contributed by atoms with van der Waals surface area (Å²) >= 11 is 0. The van der Waals surface area contributed by atoms with Crippen LogP contribution in [0.2, 0.25) is 0 Å². The molecule has 2 rings (SSSR count). The summed E-state index contributed by atoms with van der Waals surface area (Å²) in [6.45, 7) is -0.741. The molecule has 1 aliphatic heterocycles. The van der Waals surface area contributed by atoms with Gasteiger partial charge < -0.3 is 15.4 Å². The summed E-state index contributed by atoms with van der Waals surface area (Å²) in [6.07, 6.45) is -4.58. The second kappa shape index (κ2) is 6.57. The lowest BCUT2D eigenvalue weighted by Crippen LogP contribution is -2.37. The largest absolute Gasteiger partial charge is 0.394 e. The van der Waals surface area contributed by atoms with Crippen molar-refractivity contribution in [1.82, 2.24) is 4.90 Å². The second-order valence-electron chi connectivity index (χ2n) is 5.46. The summed E-state index contributed by atoms with van der Waals surface area (Å²) in [6, 6.07) is 6.52. The Bertz CT molecular complexity index is 604. The van der Waals surface area contributed by atoms with Gasteiger partial charge in [0.15, 0.2) is 0 Å². The maximum Gasteiger partial charge on any atom is 0.394 e. The number of hydrogen-bond donors (Lipinski definition) is 1. The van der Waals surface area contributed by atoms with Crippen LogP contribution in [0, 0.1) is 11.8 Å². The number of rotatable bonds is 4. The molecule has 1 heterocycles. The normalized spacial score (nSPS) is 21.5. The van der Waals surface area contributed by atoms with E-state index in [0.717, 1.165) is 4.90 Å². The molecule has 1 aliphatic rings. The van der Waals surface area contributed by atoms with E-state index in [-0.39, 0.29) is 18.7 Å². The van der Waals surface area contributed by atoms with Crippen molar-refractivity contribution in [3.63, 3.8) is 0 Å². The lowest BCUT2D eigenvalue weighted by Gasteiger charge is -2.19. The van der Waals surface area contributed by atoms with Gasteiger partial charge in [-0.2, -0.15) is 13.2 Å². The van der Waals surface area contributed by atoms with E-state index in [1.165, 1.54) is 13.2 Å². The molecule has 0 radical (unpaired) electrons. The molecule has 2 amide bonds. The standard InChI is InChI=1S/C15H17F3N2O3/c1-23-8-9-4-2-3-5-10(9)14(22)20-6-11(13(19)21)12(7-20)15(16,17)18/h2-5,11-12H,6-8H2,1H3,(H2,19,21)/t11-,12-/m1/s1. The van der Waals surface area contributed by atoms with Crippen LogP contribution in [0.5, 0.6) is 0 Å². The molecule has 0 aliphatic carbocycles. The van der Waals surface area contributed by atoms with Crippen LogP contribution in [0.4, 0.5) is 13.2 Å². The van der Waals surface area contributed by atoms with E-state index < -0.39 is 36.4 Å². The quantitative estimate of drug-likeness (QED) is 0.911. The van der Waals surface area contributed by atoms with Crippen molar-refractivity contribution in [2.24, 2.45) is 17.6 Å². The van der Waals surface area contributed by atoms with E-state index in [1.807, 2.05) is 0 Å². The minimum absolute atomic E-state index is 0.164. The van der Waals surface area contributed by atoms with Crippen molar-refractivity contribution in [2.75, 3.05) is 20.2 Å². The zero-order valence-electron chi connectivity index (χ0n) is 12.5. The van der Waals surface area contributed by atoms with Crippen LogP contribution in [0.25, 0.3) is 0 Å². The van der Waals surface area contributed by atoms with E-state index >= 15 is 0 Å². The third-order valence-corrected chi connectivity index (χ3v) is 3.94. The van der Waals surface area contributed by atoms with Gasteiger partial charge in [0.2, 0.25) is 5.91 Å². The van der Waals surface area contributed by atoms with Gasteiger partial charge in [-0.1, -0.05) is 18.2 Å². The highest BCUT2D eigenvalue weighted by Gasteiger charge is 2.52. The molecular formula is C15H17F3N2O3. The van der Waals surface area contributed by atoms with Crippen LogP contribution in [-0.2, 0) is 16.1 Å². The molecule has 126 valence electrons. The lowest BCUT2D eigenvalue weighted by molar-refractivity contribution is -0.182. The van der Waals surface area contributed by atoms with Crippen molar-refractivity contribution < 1.29 is 27.5 Å². The third-order valence-electron chi connectivity index (χ3n) is 3.94. The predicted molar refractivity (Wildman–Crippen MR) is 75.3 cm³/mol. The molecule has 1 aromatic carbocycles. The van der Waals surface area contributed by atoms with E-state index in [0.29, 0.717) is 5.56 Å². The fourth-order valence-corrected chi connectivity index (χ4v) is 2.77. The molecule has 5 nitrogen and oxygen atoms in total. The van der Waals surface area contributed by atoms with Gasteiger partial charge in [-0.25, -0.2) is 0 Å². The number of methoxy groups -OCH3 is 1. The Hall–Kier alpha value is -2.09. The van der Waals surface area contributed by atoms with Gasteiger partial charge in [-0.05, 0) is 11.6 Å². The molecule has 0 unspecified atom stereocenters. The number of nitrogens with two attached hydrogens (primary N) is 1. The van der Waals surface area contributed by atoms with E-state index in [1.54, 1.807) is 18.2 Å². The van der Waals surface area contributed by atoms with E-state index in [9.17, 15) is 22.8 Å². The van der Waals surface area contributed by atoms with Crippen molar-refractivity contribution >= 4 is 11.8 Å². The summed E-state index contributed by atoms with van der Waals surface area (Å²) in [5, 5.41) is 0. The van der Waals surface area contributed by atoms with Gasteiger partial charge in [-0.3, -0.25) is 9.59 Å². The molecule has 1 fully saturated rings. The van der Waals surface area contributed by atoms with Gasteiger partial charge in [0.1, 0.15) is 0 Å². The van der Waals surface area contributed by atoms with Gasteiger partial charge in [0.25, 0.3) is 5.91 Å². The van der Waals surface area contributed by atoms with Crippen molar-refractivity contribution in [3.8, 4) is 0 Å². The highest BCUT2D eigenvalue weighted by Crippen LogP contribution is 2.38. The van der Waals surface area contributed by atoms with Gasteiger partial charge in [-0.15, -0.1) is 0 Å². The molecule has 8 heteroatoms. The number of primary amides is 1. The van der Waals surface area contributed by atoms with Crippen LogP contribution in [0.1, 0.15) is 15.9 Å². The average molecular weight is 330 g/mol. The Kier molecular flexibility index (Phi) is 4.93. The Morgan fingerprint density at radius 3 is 2.48 bits per heavy atom. The number of hydrogen-bond acceptors (Lipinski definition) is 3. The number of carbonyl (C=O) groups excluding carboxylic acids is 2.